The summed E-state index contributed by atoms with van der Waals surface area (Å²) in [4.78, 5) is 24.7. The monoisotopic (exact) mass is 492 g/mol. The van der Waals surface area contributed by atoms with Crippen LogP contribution in [0.4, 0.5) is 23.4 Å². The molecule has 11 heteroatoms. The largest absolute Gasteiger partial charge is 0.433 e. The SMILES string of the molecule is Cc1cc(-c2nc3cccnn3c2-c2ccnc(NC(=O)c3ccc(C(F)(F)F)nc3)c2)ccc1F. The standard InChI is InChI=1S/C25H16F4N6O/c1-14-11-15(4-6-18(14)26)22-23(35-21(34-22)3-2-9-32-35)16-8-10-30-20(12-16)33-24(36)17-5-7-19(31-13-17)25(27,28)29/h2-13H,1H3,(H,30,33,36). The van der Waals surface area contributed by atoms with Crippen LogP contribution in [0, 0.1) is 12.7 Å². The lowest BCUT2D eigenvalue weighted by molar-refractivity contribution is -0.141. The minimum Gasteiger partial charge on any atom is -0.306 e. The highest BCUT2D eigenvalue weighted by Crippen LogP contribution is 2.34. The molecule has 36 heavy (non-hydrogen) atoms. The summed E-state index contributed by atoms with van der Waals surface area (Å²) in [6.45, 7) is 1.66. The summed E-state index contributed by atoms with van der Waals surface area (Å²) in [7, 11) is 0. The third kappa shape index (κ3) is 4.38. The molecule has 0 aliphatic heterocycles. The van der Waals surface area contributed by atoms with Gasteiger partial charge in [0.05, 0.1) is 11.3 Å². The maximum absolute atomic E-state index is 13.9. The van der Waals surface area contributed by atoms with Gasteiger partial charge in [0, 0.05) is 29.7 Å². The van der Waals surface area contributed by atoms with Gasteiger partial charge in [-0.25, -0.2) is 18.9 Å². The van der Waals surface area contributed by atoms with Gasteiger partial charge in [-0.1, -0.05) is 0 Å². The maximum atomic E-state index is 13.9. The fourth-order valence-corrected chi connectivity index (χ4v) is 3.67. The highest BCUT2D eigenvalue weighted by molar-refractivity contribution is 6.03. The third-order valence-electron chi connectivity index (χ3n) is 5.42. The number of pyridine rings is 2. The molecule has 0 spiro atoms. The first-order valence-corrected chi connectivity index (χ1v) is 10.6. The number of hydrogen-bond acceptors (Lipinski definition) is 5. The van der Waals surface area contributed by atoms with Gasteiger partial charge in [0.2, 0.25) is 0 Å². The zero-order valence-electron chi connectivity index (χ0n) is 18.6. The average molecular weight is 492 g/mol. The van der Waals surface area contributed by atoms with E-state index in [0.29, 0.717) is 33.7 Å². The highest BCUT2D eigenvalue weighted by atomic mass is 19.4. The molecule has 0 aliphatic rings. The van der Waals surface area contributed by atoms with E-state index >= 15 is 0 Å². The molecule has 1 aromatic carbocycles. The van der Waals surface area contributed by atoms with Gasteiger partial charge in [-0.15, -0.1) is 0 Å². The van der Waals surface area contributed by atoms with Crippen molar-refractivity contribution >= 4 is 17.4 Å². The zero-order valence-corrected chi connectivity index (χ0v) is 18.6. The summed E-state index contributed by atoms with van der Waals surface area (Å²) in [5.41, 5.74) is 2.27. The molecule has 180 valence electrons. The Morgan fingerprint density at radius 2 is 1.81 bits per heavy atom. The van der Waals surface area contributed by atoms with E-state index in [1.807, 2.05) is 0 Å². The molecule has 0 aliphatic carbocycles. The summed E-state index contributed by atoms with van der Waals surface area (Å²) in [6, 6.07) is 13.2. The predicted molar refractivity (Wildman–Crippen MR) is 124 cm³/mol. The quantitative estimate of drug-likeness (QED) is 0.332. The molecular formula is C25H16F4N6O. The van der Waals surface area contributed by atoms with Gasteiger partial charge in [-0.05, 0) is 67.1 Å². The number of carbonyl (C=O) groups is 1. The van der Waals surface area contributed by atoms with E-state index < -0.39 is 17.8 Å². The number of fused-ring (bicyclic) bond motifs is 1. The van der Waals surface area contributed by atoms with Gasteiger partial charge >= 0.3 is 6.18 Å². The number of rotatable bonds is 4. The summed E-state index contributed by atoms with van der Waals surface area (Å²) < 4.78 is 53.8. The molecule has 0 saturated carbocycles. The van der Waals surface area contributed by atoms with Gasteiger partial charge in [0.15, 0.2) is 5.65 Å². The molecule has 0 bridgehead atoms. The van der Waals surface area contributed by atoms with Crippen molar-refractivity contribution < 1.29 is 22.4 Å². The maximum Gasteiger partial charge on any atom is 0.433 e. The van der Waals surface area contributed by atoms with Crippen LogP contribution in [-0.2, 0) is 6.18 Å². The summed E-state index contributed by atoms with van der Waals surface area (Å²) in [5, 5.41) is 6.95. The van der Waals surface area contributed by atoms with Gasteiger partial charge in [-0.3, -0.25) is 9.78 Å². The van der Waals surface area contributed by atoms with Crippen molar-refractivity contribution in [2.24, 2.45) is 0 Å². The van der Waals surface area contributed by atoms with Gasteiger partial charge in [0.1, 0.15) is 23.0 Å². The van der Waals surface area contributed by atoms with Crippen molar-refractivity contribution in [3.05, 3.63) is 95.8 Å². The molecule has 1 amide bonds. The predicted octanol–water partition coefficient (Wildman–Crippen LogP) is 5.57. The number of halogens is 4. The second kappa shape index (κ2) is 8.84. The van der Waals surface area contributed by atoms with Crippen molar-refractivity contribution in [2.45, 2.75) is 13.1 Å². The Hall–Kier alpha value is -4.67. The Labute approximate surface area is 201 Å². The number of nitrogens with one attached hydrogen (secondary N) is 1. The lowest BCUT2D eigenvalue weighted by Gasteiger charge is -2.09. The molecule has 5 rings (SSSR count). The summed E-state index contributed by atoms with van der Waals surface area (Å²) in [5.74, 6) is -0.857. The van der Waals surface area contributed by atoms with Crippen molar-refractivity contribution in [3.63, 3.8) is 0 Å². The zero-order chi connectivity index (χ0) is 25.4. The molecule has 1 N–H and O–H groups in total. The van der Waals surface area contributed by atoms with Gasteiger partial charge in [-0.2, -0.15) is 18.3 Å². The first-order chi connectivity index (χ1) is 17.2. The van der Waals surface area contributed by atoms with Crippen LogP contribution < -0.4 is 5.32 Å². The van der Waals surface area contributed by atoms with Crippen LogP contribution in [0.15, 0.2) is 73.2 Å². The van der Waals surface area contributed by atoms with Crippen molar-refractivity contribution in [1.82, 2.24) is 24.6 Å². The van der Waals surface area contributed by atoms with Crippen LogP contribution in [0.2, 0.25) is 0 Å². The first-order valence-electron chi connectivity index (χ1n) is 10.6. The Kier molecular flexibility index (Phi) is 5.67. The number of aromatic nitrogens is 5. The Morgan fingerprint density at radius 3 is 2.53 bits per heavy atom. The van der Waals surface area contributed by atoms with Crippen LogP contribution in [0.3, 0.4) is 0 Å². The molecular weight excluding hydrogens is 476 g/mol. The minimum atomic E-state index is -4.60. The van der Waals surface area contributed by atoms with E-state index in [9.17, 15) is 22.4 Å². The van der Waals surface area contributed by atoms with Crippen molar-refractivity contribution in [1.29, 1.82) is 0 Å². The minimum absolute atomic E-state index is 0.0610. The summed E-state index contributed by atoms with van der Waals surface area (Å²) in [6.07, 6.45) is -0.684. The molecule has 0 saturated heterocycles. The first kappa shape index (κ1) is 23.1. The molecule has 7 nitrogen and oxygen atoms in total. The van der Waals surface area contributed by atoms with Crippen LogP contribution in [0.25, 0.3) is 28.2 Å². The number of aryl methyl sites for hydroxylation is 1. The van der Waals surface area contributed by atoms with Crippen LogP contribution in [-0.4, -0.2) is 30.5 Å². The number of nitrogens with zero attached hydrogens (tertiary/aromatic N) is 5. The Balaban J connectivity index is 1.52. The molecule has 0 atom stereocenters. The van der Waals surface area contributed by atoms with Crippen molar-refractivity contribution in [3.8, 4) is 22.5 Å². The van der Waals surface area contributed by atoms with E-state index in [-0.39, 0.29) is 17.2 Å². The van der Waals surface area contributed by atoms with Gasteiger partial charge < -0.3 is 5.32 Å². The second-order valence-corrected chi connectivity index (χ2v) is 7.88. The molecule has 4 aromatic heterocycles. The molecule has 0 radical (unpaired) electrons. The Bertz CT molecular complexity index is 1600. The molecule has 4 heterocycles. The molecule has 0 fully saturated rings. The fraction of sp³-hybridized carbons (Fsp3) is 0.0800. The lowest BCUT2D eigenvalue weighted by atomic mass is 10.0. The third-order valence-corrected chi connectivity index (χ3v) is 5.42. The molecule has 5 aromatic rings. The fourth-order valence-electron chi connectivity index (χ4n) is 3.67. The second-order valence-electron chi connectivity index (χ2n) is 7.88. The van der Waals surface area contributed by atoms with Crippen LogP contribution in [0.1, 0.15) is 21.6 Å². The number of anilines is 1. The number of hydrogen-bond donors (Lipinski definition) is 1. The topological polar surface area (TPSA) is 85.1 Å². The number of benzene rings is 1. The number of alkyl halides is 3. The number of carbonyl (C=O) groups excluding carboxylic acids is 1. The number of imidazole rings is 1. The molecule has 0 unspecified atom stereocenters. The highest BCUT2D eigenvalue weighted by Gasteiger charge is 2.32. The lowest BCUT2D eigenvalue weighted by Crippen LogP contribution is -2.15. The van der Waals surface area contributed by atoms with Crippen LogP contribution in [0.5, 0.6) is 0 Å². The average Bonchev–Trinajstić information content (AvgIpc) is 3.25. The van der Waals surface area contributed by atoms with Crippen LogP contribution >= 0.6 is 0 Å². The van der Waals surface area contributed by atoms with E-state index in [1.165, 1.54) is 12.3 Å². The van der Waals surface area contributed by atoms with E-state index in [4.69, 9.17) is 0 Å². The number of amides is 1. The smallest absolute Gasteiger partial charge is 0.306 e. The van der Waals surface area contributed by atoms with Gasteiger partial charge in [0.25, 0.3) is 5.91 Å². The van der Waals surface area contributed by atoms with E-state index in [1.54, 1.807) is 54.0 Å². The summed E-state index contributed by atoms with van der Waals surface area (Å²) >= 11 is 0. The Morgan fingerprint density at radius 1 is 0.972 bits per heavy atom. The van der Waals surface area contributed by atoms with E-state index in [2.05, 4.69) is 25.4 Å². The van der Waals surface area contributed by atoms with Crippen molar-refractivity contribution in [2.75, 3.05) is 5.32 Å². The normalized spacial score (nSPS) is 11.6. The van der Waals surface area contributed by atoms with E-state index in [0.717, 1.165) is 18.3 Å².